The highest BCUT2D eigenvalue weighted by Gasteiger charge is 2.24. The second-order valence-electron chi connectivity index (χ2n) is 3.40. The summed E-state index contributed by atoms with van der Waals surface area (Å²) in [5.74, 6) is 0. The number of anilines is 1. The highest BCUT2D eigenvalue weighted by Crippen LogP contribution is 2.20. The lowest BCUT2D eigenvalue weighted by atomic mass is 10.4. The van der Waals surface area contributed by atoms with Crippen LogP contribution in [0, 0.1) is 0 Å². The van der Waals surface area contributed by atoms with Crippen LogP contribution in [0.3, 0.4) is 0 Å². The number of methoxy groups -OCH3 is 1. The molecule has 0 aliphatic carbocycles. The zero-order valence-corrected chi connectivity index (χ0v) is 10.8. The summed E-state index contributed by atoms with van der Waals surface area (Å²) in [6, 6.07) is 1.47. The summed E-state index contributed by atoms with van der Waals surface area (Å²) in [7, 11) is -2.06. The second-order valence-corrected chi connectivity index (χ2v) is 5.31. The molecule has 0 aromatic carbocycles. The number of pyridine rings is 1. The number of rotatable bonds is 6. The smallest absolute Gasteiger partial charge is 0.246 e. The number of nitrogen functional groups attached to an aromatic ring is 1. The molecule has 0 saturated heterocycles. The molecule has 0 saturated carbocycles. The molecule has 0 unspecified atom stereocenters. The summed E-state index contributed by atoms with van der Waals surface area (Å²) in [6.07, 6.45) is 2.72. The van der Waals surface area contributed by atoms with Crippen LogP contribution in [-0.2, 0) is 14.8 Å². The van der Waals surface area contributed by atoms with Gasteiger partial charge in [0.25, 0.3) is 0 Å². The Hall–Kier alpha value is -1.18. The summed E-state index contributed by atoms with van der Waals surface area (Å²) in [4.78, 5) is 3.83. The van der Waals surface area contributed by atoms with E-state index >= 15 is 0 Å². The topological polar surface area (TPSA) is 85.5 Å². The fourth-order valence-corrected chi connectivity index (χ4v) is 2.88. The minimum atomic E-state index is -3.59. The molecule has 1 rings (SSSR count). The highest BCUT2D eigenvalue weighted by molar-refractivity contribution is 7.89. The van der Waals surface area contributed by atoms with Crippen LogP contribution < -0.4 is 5.73 Å². The van der Waals surface area contributed by atoms with E-state index in [1.54, 1.807) is 6.92 Å². The van der Waals surface area contributed by atoms with E-state index in [9.17, 15) is 8.42 Å². The zero-order chi connectivity index (χ0) is 12.9. The molecule has 0 radical (unpaired) electrons. The van der Waals surface area contributed by atoms with E-state index in [-0.39, 0.29) is 10.6 Å². The molecule has 0 aliphatic heterocycles. The number of hydrogen-bond acceptors (Lipinski definition) is 5. The molecule has 0 spiro atoms. The Labute approximate surface area is 101 Å². The number of ether oxygens (including phenoxy) is 1. The minimum absolute atomic E-state index is 0.0398. The summed E-state index contributed by atoms with van der Waals surface area (Å²) in [6.45, 7) is 2.76. The van der Waals surface area contributed by atoms with Crippen molar-refractivity contribution in [2.45, 2.75) is 11.8 Å². The Morgan fingerprint density at radius 1 is 1.53 bits per heavy atom. The molecular formula is C10H17N3O3S. The van der Waals surface area contributed by atoms with Crippen molar-refractivity contribution in [3.05, 3.63) is 18.5 Å². The van der Waals surface area contributed by atoms with Gasteiger partial charge in [-0.3, -0.25) is 4.98 Å². The van der Waals surface area contributed by atoms with Crippen LogP contribution in [-0.4, -0.2) is 44.5 Å². The summed E-state index contributed by atoms with van der Waals surface area (Å²) in [5.41, 5.74) is 5.86. The lowest BCUT2D eigenvalue weighted by Crippen LogP contribution is -2.34. The molecule has 1 heterocycles. The first-order chi connectivity index (χ1) is 8.04. The predicted molar refractivity (Wildman–Crippen MR) is 65.0 cm³/mol. The van der Waals surface area contributed by atoms with Crippen LogP contribution in [0.25, 0.3) is 0 Å². The van der Waals surface area contributed by atoms with E-state index in [1.165, 1.54) is 29.9 Å². The molecule has 1 aromatic rings. The van der Waals surface area contributed by atoms with Gasteiger partial charge >= 0.3 is 0 Å². The van der Waals surface area contributed by atoms with Gasteiger partial charge in [0, 0.05) is 32.6 Å². The van der Waals surface area contributed by atoms with Crippen LogP contribution in [0.5, 0.6) is 0 Å². The van der Waals surface area contributed by atoms with Crippen molar-refractivity contribution in [3.63, 3.8) is 0 Å². The van der Waals surface area contributed by atoms with E-state index < -0.39 is 10.0 Å². The first-order valence-electron chi connectivity index (χ1n) is 5.22. The Kier molecular flexibility index (Phi) is 4.86. The standard InChI is InChI=1S/C10H17N3O3S/c1-3-13(6-7-16-2)17(14,15)10-8-12-5-4-9(10)11/h4-5,8H,3,6-7H2,1-2H3,(H2,11,12). The minimum Gasteiger partial charge on any atom is -0.398 e. The number of aromatic nitrogens is 1. The van der Waals surface area contributed by atoms with Crippen molar-refractivity contribution in [1.82, 2.24) is 9.29 Å². The van der Waals surface area contributed by atoms with Gasteiger partial charge in [-0.05, 0) is 6.07 Å². The molecule has 2 N–H and O–H groups in total. The third-order valence-corrected chi connectivity index (χ3v) is 4.35. The quantitative estimate of drug-likeness (QED) is 0.795. The van der Waals surface area contributed by atoms with Crippen LogP contribution in [0.1, 0.15) is 6.92 Å². The lowest BCUT2D eigenvalue weighted by molar-refractivity contribution is 0.180. The van der Waals surface area contributed by atoms with Crippen molar-refractivity contribution in [2.24, 2.45) is 0 Å². The van der Waals surface area contributed by atoms with Crippen molar-refractivity contribution >= 4 is 15.7 Å². The largest absolute Gasteiger partial charge is 0.398 e. The Bertz CT molecular complexity index is 462. The zero-order valence-electron chi connectivity index (χ0n) is 9.96. The first-order valence-corrected chi connectivity index (χ1v) is 6.66. The molecule has 0 atom stereocenters. The van der Waals surface area contributed by atoms with Gasteiger partial charge in [-0.2, -0.15) is 4.31 Å². The highest BCUT2D eigenvalue weighted by atomic mass is 32.2. The van der Waals surface area contributed by atoms with Crippen molar-refractivity contribution in [1.29, 1.82) is 0 Å². The van der Waals surface area contributed by atoms with Crippen LogP contribution >= 0.6 is 0 Å². The molecule has 0 fully saturated rings. The Morgan fingerprint density at radius 2 is 2.24 bits per heavy atom. The molecule has 6 nitrogen and oxygen atoms in total. The average Bonchev–Trinajstić information content (AvgIpc) is 2.30. The van der Waals surface area contributed by atoms with Gasteiger partial charge < -0.3 is 10.5 Å². The van der Waals surface area contributed by atoms with Crippen LogP contribution in [0.2, 0.25) is 0 Å². The van der Waals surface area contributed by atoms with E-state index in [2.05, 4.69) is 4.98 Å². The van der Waals surface area contributed by atoms with Crippen molar-refractivity contribution in [2.75, 3.05) is 32.5 Å². The van der Waals surface area contributed by atoms with E-state index in [0.717, 1.165) is 0 Å². The van der Waals surface area contributed by atoms with E-state index in [1.807, 2.05) is 0 Å². The van der Waals surface area contributed by atoms with Crippen molar-refractivity contribution in [3.8, 4) is 0 Å². The predicted octanol–water partition coefficient (Wildman–Crippen LogP) is 0.321. The summed E-state index contributed by atoms with van der Waals surface area (Å²) in [5, 5.41) is 0. The molecular weight excluding hydrogens is 242 g/mol. The van der Waals surface area contributed by atoms with Gasteiger partial charge in [-0.1, -0.05) is 6.92 Å². The Balaban J connectivity index is 3.05. The maximum absolute atomic E-state index is 12.2. The third kappa shape index (κ3) is 3.15. The molecule has 0 bridgehead atoms. The fraction of sp³-hybridized carbons (Fsp3) is 0.500. The third-order valence-electron chi connectivity index (χ3n) is 2.33. The van der Waals surface area contributed by atoms with Gasteiger partial charge in [-0.15, -0.1) is 0 Å². The van der Waals surface area contributed by atoms with Crippen LogP contribution in [0.4, 0.5) is 5.69 Å². The maximum atomic E-state index is 12.2. The normalized spacial score (nSPS) is 11.9. The van der Waals surface area contributed by atoms with Gasteiger partial charge in [0.1, 0.15) is 4.90 Å². The number of nitrogens with two attached hydrogens (primary N) is 1. The van der Waals surface area contributed by atoms with E-state index in [0.29, 0.717) is 19.7 Å². The van der Waals surface area contributed by atoms with E-state index in [4.69, 9.17) is 10.5 Å². The number of likely N-dealkylation sites (N-methyl/N-ethyl adjacent to an activating group) is 1. The second kappa shape index (κ2) is 5.95. The molecule has 7 heteroatoms. The van der Waals surface area contributed by atoms with Crippen LogP contribution in [0.15, 0.2) is 23.4 Å². The number of nitrogens with zero attached hydrogens (tertiary/aromatic N) is 2. The maximum Gasteiger partial charge on any atom is 0.246 e. The van der Waals surface area contributed by atoms with Gasteiger partial charge in [-0.25, -0.2) is 8.42 Å². The molecule has 0 amide bonds. The fourth-order valence-electron chi connectivity index (χ4n) is 1.39. The molecule has 0 aliphatic rings. The summed E-state index contributed by atoms with van der Waals surface area (Å²) >= 11 is 0. The monoisotopic (exact) mass is 259 g/mol. The number of hydrogen-bond donors (Lipinski definition) is 1. The molecule has 96 valence electrons. The number of sulfonamides is 1. The SMILES string of the molecule is CCN(CCOC)S(=O)(=O)c1cnccc1N. The Morgan fingerprint density at radius 3 is 2.76 bits per heavy atom. The van der Waals surface area contributed by atoms with Gasteiger partial charge in [0.15, 0.2) is 0 Å². The lowest BCUT2D eigenvalue weighted by Gasteiger charge is -2.20. The average molecular weight is 259 g/mol. The van der Waals surface area contributed by atoms with Gasteiger partial charge in [0.05, 0.1) is 12.3 Å². The van der Waals surface area contributed by atoms with Crippen molar-refractivity contribution < 1.29 is 13.2 Å². The van der Waals surface area contributed by atoms with Gasteiger partial charge in [0.2, 0.25) is 10.0 Å². The summed E-state index contributed by atoms with van der Waals surface area (Å²) < 4.78 is 30.7. The molecule has 17 heavy (non-hydrogen) atoms. The molecule has 1 aromatic heterocycles. The first kappa shape index (κ1) is 13.9.